The maximum atomic E-state index is 13.5. The molecule has 1 saturated heterocycles. The van der Waals surface area contributed by atoms with E-state index in [-0.39, 0.29) is 24.3 Å². The van der Waals surface area contributed by atoms with Gasteiger partial charge in [-0.15, -0.1) is 0 Å². The fraction of sp³-hybridized carbons (Fsp3) is 0.667. The van der Waals surface area contributed by atoms with Crippen molar-refractivity contribution in [2.24, 2.45) is 5.92 Å². The summed E-state index contributed by atoms with van der Waals surface area (Å²) >= 11 is 0. The molecular formula is C27H41NO6. The second-order valence-corrected chi connectivity index (χ2v) is 8.87. The van der Waals surface area contributed by atoms with Crippen molar-refractivity contribution in [3.05, 3.63) is 47.7 Å². The van der Waals surface area contributed by atoms with Gasteiger partial charge in [0.2, 0.25) is 6.29 Å². The first kappa shape index (κ1) is 26.7. The fourth-order valence-electron chi connectivity index (χ4n) is 4.70. The van der Waals surface area contributed by atoms with Crippen molar-refractivity contribution in [2.75, 3.05) is 52.7 Å². The van der Waals surface area contributed by atoms with E-state index in [9.17, 15) is 4.79 Å². The van der Waals surface area contributed by atoms with Gasteiger partial charge < -0.3 is 29.0 Å². The van der Waals surface area contributed by atoms with Gasteiger partial charge in [0.25, 0.3) is 5.91 Å². The van der Waals surface area contributed by atoms with Gasteiger partial charge in [0.1, 0.15) is 0 Å². The quantitative estimate of drug-likeness (QED) is 0.463. The van der Waals surface area contributed by atoms with Crippen LogP contribution in [0.3, 0.4) is 0 Å². The number of likely N-dealkylation sites (tertiary alicyclic amines) is 1. The van der Waals surface area contributed by atoms with Gasteiger partial charge in [-0.3, -0.25) is 4.79 Å². The molecule has 2 aliphatic heterocycles. The molecule has 0 bridgehead atoms. The Bertz CT molecular complexity index is 732. The van der Waals surface area contributed by atoms with Crippen LogP contribution >= 0.6 is 0 Å². The van der Waals surface area contributed by atoms with Gasteiger partial charge >= 0.3 is 0 Å². The summed E-state index contributed by atoms with van der Waals surface area (Å²) < 4.78 is 23.3. The molecule has 0 unspecified atom stereocenters. The highest BCUT2D eigenvalue weighted by Gasteiger charge is 2.38. The van der Waals surface area contributed by atoms with E-state index in [1.54, 1.807) is 0 Å². The SMILES string of the molecule is CCO[C@H]1OC(C(=O)N2CCCCCCC2)=C[C@@H](c2ccccc2)[C@H]1CCOCCOCCO. The molecule has 1 N–H and O–H groups in total. The molecule has 7 nitrogen and oxygen atoms in total. The van der Waals surface area contributed by atoms with Crippen LogP contribution in [0.2, 0.25) is 0 Å². The molecule has 1 amide bonds. The molecule has 0 aliphatic carbocycles. The first-order valence-corrected chi connectivity index (χ1v) is 12.8. The van der Waals surface area contributed by atoms with Crippen LogP contribution in [0.25, 0.3) is 0 Å². The lowest BCUT2D eigenvalue weighted by Crippen LogP contribution is -2.41. The summed E-state index contributed by atoms with van der Waals surface area (Å²) in [7, 11) is 0. The number of carbonyl (C=O) groups excluding carboxylic acids is 1. The summed E-state index contributed by atoms with van der Waals surface area (Å²) in [6.45, 7) is 5.81. The average Bonchev–Trinajstić information content (AvgIpc) is 2.84. The fourth-order valence-corrected chi connectivity index (χ4v) is 4.70. The molecule has 2 heterocycles. The average molecular weight is 476 g/mol. The number of hydrogen-bond donors (Lipinski definition) is 1. The number of carbonyl (C=O) groups is 1. The molecule has 34 heavy (non-hydrogen) atoms. The van der Waals surface area contributed by atoms with E-state index in [1.807, 2.05) is 36.1 Å². The molecular weight excluding hydrogens is 434 g/mol. The Balaban J connectivity index is 1.74. The third kappa shape index (κ3) is 8.08. The van der Waals surface area contributed by atoms with E-state index in [0.29, 0.717) is 38.8 Å². The van der Waals surface area contributed by atoms with E-state index in [0.717, 1.165) is 37.9 Å². The van der Waals surface area contributed by atoms with Crippen molar-refractivity contribution in [1.82, 2.24) is 4.90 Å². The molecule has 7 heteroatoms. The van der Waals surface area contributed by atoms with Crippen molar-refractivity contribution < 1.29 is 28.8 Å². The Kier molecular flexibility index (Phi) is 11.9. The molecule has 0 aromatic heterocycles. The Morgan fingerprint density at radius 2 is 1.68 bits per heavy atom. The van der Waals surface area contributed by atoms with Gasteiger partial charge in [-0.2, -0.15) is 0 Å². The van der Waals surface area contributed by atoms with Crippen molar-refractivity contribution in [2.45, 2.75) is 57.7 Å². The topological polar surface area (TPSA) is 77.5 Å². The van der Waals surface area contributed by atoms with Crippen LogP contribution in [0.4, 0.5) is 0 Å². The maximum Gasteiger partial charge on any atom is 0.288 e. The largest absolute Gasteiger partial charge is 0.459 e. The predicted octanol–water partition coefficient (Wildman–Crippen LogP) is 3.87. The lowest BCUT2D eigenvalue weighted by Gasteiger charge is -2.38. The Morgan fingerprint density at radius 3 is 2.35 bits per heavy atom. The van der Waals surface area contributed by atoms with Crippen molar-refractivity contribution in [3.63, 3.8) is 0 Å². The van der Waals surface area contributed by atoms with Crippen LogP contribution < -0.4 is 0 Å². The minimum Gasteiger partial charge on any atom is -0.459 e. The van der Waals surface area contributed by atoms with E-state index < -0.39 is 6.29 Å². The zero-order valence-electron chi connectivity index (χ0n) is 20.5. The lowest BCUT2D eigenvalue weighted by molar-refractivity contribution is -0.172. The number of hydrogen-bond acceptors (Lipinski definition) is 6. The zero-order chi connectivity index (χ0) is 24.0. The Morgan fingerprint density at radius 1 is 1.00 bits per heavy atom. The van der Waals surface area contributed by atoms with E-state index in [2.05, 4.69) is 12.1 Å². The molecule has 0 spiro atoms. The number of aliphatic hydroxyl groups excluding tert-OH is 1. The smallest absolute Gasteiger partial charge is 0.288 e. The number of aliphatic hydroxyl groups is 1. The molecule has 1 aromatic carbocycles. The van der Waals surface area contributed by atoms with E-state index in [1.165, 1.54) is 19.3 Å². The second-order valence-electron chi connectivity index (χ2n) is 8.87. The van der Waals surface area contributed by atoms with Gasteiger partial charge in [0.15, 0.2) is 5.76 Å². The monoisotopic (exact) mass is 475 g/mol. The van der Waals surface area contributed by atoms with E-state index >= 15 is 0 Å². The number of rotatable bonds is 12. The third-order valence-corrected chi connectivity index (χ3v) is 6.46. The number of allylic oxidation sites excluding steroid dienone is 1. The summed E-state index contributed by atoms with van der Waals surface area (Å²) in [6, 6.07) is 10.3. The molecule has 1 aromatic rings. The Labute approximate surface area is 204 Å². The summed E-state index contributed by atoms with van der Waals surface area (Å²) in [4.78, 5) is 15.4. The van der Waals surface area contributed by atoms with Gasteiger partial charge in [0.05, 0.1) is 26.4 Å². The van der Waals surface area contributed by atoms with Gasteiger partial charge in [-0.1, -0.05) is 49.6 Å². The molecule has 190 valence electrons. The van der Waals surface area contributed by atoms with Crippen molar-refractivity contribution in [3.8, 4) is 0 Å². The molecule has 0 saturated carbocycles. The Hall–Kier alpha value is -1.93. The van der Waals surface area contributed by atoms with Crippen LogP contribution in [-0.4, -0.2) is 74.9 Å². The van der Waals surface area contributed by atoms with Crippen LogP contribution in [0.15, 0.2) is 42.2 Å². The first-order chi connectivity index (χ1) is 16.7. The highest BCUT2D eigenvalue weighted by atomic mass is 16.7. The molecule has 3 rings (SSSR count). The van der Waals surface area contributed by atoms with Crippen LogP contribution in [0, 0.1) is 5.92 Å². The van der Waals surface area contributed by atoms with Gasteiger partial charge in [-0.25, -0.2) is 0 Å². The predicted molar refractivity (Wildman–Crippen MR) is 130 cm³/mol. The van der Waals surface area contributed by atoms with Gasteiger partial charge in [-0.05, 0) is 37.8 Å². The summed E-state index contributed by atoms with van der Waals surface area (Å²) in [5.41, 5.74) is 1.14. The first-order valence-electron chi connectivity index (χ1n) is 12.8. The van der Waals surface area contributed by atoms with Crippen LogP contribution in [0.5, 0.6) is 0 Å². The number of ether oxygens (including phenoxy) is 4. The van der Waals surface area contributed by atoms with Crippen molar-refractivity contribution >= 4 is 5.91 Å². The zero-order valence-corrected chi connectivity index (χ0v) is 20.5. The van der Waals surface area contributed by atoms with E-state index in [4.69, 9.17) is 24.1 Å². The van der Waals surface area contributed by atoms with Crippen LogP contribution in [-0.2, 0) is 23.7 Å². The molecule has 3 atom stereocenters. The number of benzene rings is 1. The normalized spacial score (nSPS) is 23.5. The standard InChI is InChI=1S/C27H41NO6/c1-2-33-27-23(13-17-31-19-20-32-18-16-29)24(22-11-7-6-8-12-22)21-25(34-27)26(30)28-14-9-4-3-5-10-15-28/h6-8,11-12,21,23-24,27,29H,2-5,9-10,13-20H2,1H3/t23-,24+,27+/m1/s1. The molecule has 2 aliphatic rings. The number of nitrogens with zero attached hydrogens (tertiary/aromatic N) is 1. The highest BCUT2D eigenvalue weighted by Crippen LogP contribution is 2.39. The lowest BCUT2D eigenvalue weighted by atomic mass is 9.81. The second kappa shape index (κ2) is 15.1. The molecule has 1 fully saturated rings. The highest BCUT2D eigenvalue weighted by molar-refractivity contribution is 5.91. The number of amides is 1. The van der Waals surface area contributed by atoms with Gasteiger partial charge in [0, 0.05) is 38.1 Å². The molecule has 0 radical (unpaired) electrons. The van der Waals surface area contributed by atoms with Crippen molar-refractivity contribution in [1.29, 1.82) is 0 Å². The third-order valence-electron chi connectivity index (χ3n) is 6.46. The van der Waals surface area contributed by atoms with Crippen LogP contribution in [0.1, 0.15) is 56.9 Å². The summed E-state index contributed by atoms with van der Waals surface area (Å²) in [6.07, 6.45) is 7.89. The summed E-state index contributed by atoms with van der Waals surface area (Å²) in [5.74, 6) is 0.393. The maximum absolute atomic E-state index is 13.5. The summed E-state index contributed by atoms with van der Waals surface area (Å²) in [5, 5.41) is 8.80. The minimum atomic E-state index is -0.511. The minimum absolute atomic E-state index is 0.00514.